The van der Waals surface area contributed by atoms with Crippen LogP contribution in [0.5, 0.6) is 0 Å². The van der Waals surface area contributed by atoms with Gasteiger partial charge in [0.1, 0.15) is 0 Å². The molecule has 0 radical (unpaired) electrons. The van der Waals surface area contributed by atoms with Crippen molar-refractivity contribution < 1.29 is 8.42 Å². The molecule has 0 saturated carbocycles. The van der Waals surface area contributed by atoms with Crippen LogP contribution in [0.15, 0.2) is 0 Å². The highest BCUT2D eigenvalue weighted by atomic mass is 32.2. The van der Waals surface area contributed by atoms with Gasteiger partial charge in [0.15, 0.2) is 0 Å². The van der Waals surface area contributed by atoms with Gasteiger partial charge in [0.25, 0.3) is 0 Å². The first-order valence-electron chi connectivity index (χ1n) is 4.57. The second-order valence-electron chi connectivity index (χ2n) is 3.42. The van der Waals surface area contributed by atoms with E-state index >= 15 is 0 Å². The van der Waals surface area contributed by atoms with Crippen LogP contribution in [0.3, 0.4) is 0 Å². The topological polar surface area (TPSA) is 63.4 Å². The Morgan fingerprint density at radius 2 is 1.85 bits per heavy atom. The van der Waals surface area contributed by atoms with Crippen molar-refractivity contribution in [2.75, 3.05) is 19.3 Å². The second-order valence-corrected chi connectivity index (χ2v) is 5.57. The third-order valence-electron chi connectivity index (χ3n) is 2.02. The van der Waals surface area contributed by atoms with Crippen LogP contribution in [0.2, 0.25) is 0 Å². The molecule has 0 aliphatic rings. The summed E-state index contributed by atoms with van der Waals surface area (Å²) in [5.41, 5.74) is 5.29. The molecule has 0 spiro atoms. The van der Waals surface area contributed by atoms with E-state index in [1.807, 2.05) is 13.8 Å². The molecule has 0 aliphatic carbocycles. The van der Waals surface area contributed by atoms with E-state index < -0.39 is 10.0 Å². The van der Waals surface area contributed by atoms with Gasteiger partial charge in [0.05, 0.1) is 5.75 Å². The lowest BCUT2D eigenvalue weighted by Gasteiger charge is -2.20. The number of rotatable bonds is 6. The summed E-state index contributed by atoms with van der Waals surface area (Å²) >= 11 is 0. The summed E-state index contributed by atoms with van der Waals surface area (Å²) < 4.78 is 24.5. The van der Waals surface area contributed by atoms with Gasteiger partial charge in [-0.3, -0.25) is 0 Å². The van der Waals surface area contributed by atoms with Crippen LogP contribution < -0.4 is 5.73 Å². The molecule has 2 N–H and O–H groups in total. The molecule has 0 aromatic rings. The third kappa shape index (κ3) is 4.59. The fraction of sp³-hybridized carbons (Fsp3) is 1.00. The minimum absolute atomic E-state index is 0.0304. The van der Waals surface area contributed by atoms with Gasteiger partial charge in [0.2, 0.25) is 10.0 Å². The first-order chi connectivity index (χ1) is 5.91. The predicted octanol–water partition coefficient (Wildman–Crippen LogP) is 0.395. The van der Waals surface area contributed by atoms with Crippen molar-refractivity contribution >= 4 is 10.0 Å². The number of nitrogens with two attached hydrogens (primary N) is 1. The summed E-state index contributed by atoms with van der Waals surface area (Å²) in [7, 11) is -1.44. The highest BCUT2D eigenvalue weighted by Gasteiger charge is 2.19. The van der Waals surface area contributed by atoms with Crippen LogP contribution in [0.1, 0.15) is 26.7 Å². The molecule has 0 amide bonds. The van der Waals surface area contributed by atoms with Crippen LogP contribution in [-0.2, 0) is 10.0 Å². The minimum atomic E-state index is -3.05. The molecule has 4 nitrogen and oxygen atoms in total. The Bertz CT molecular complexity index is 224. The van der Waals surface area contributed by atoms with Gasteiger partial charge in [-0.25, -0.2) is 12.7 Å². The van der Waals surface area contributed by atoms with Crippen molar-refractivity contribution in [1.82, 2.24) is 4.31 Å². The van der Waals surface area contributed by atoms with Gasteiger partial charge >= 0.3 is 0 Å². The zero-order chi connectivity index (χ0) is 10.5. The molecule has 0 saturated heterocycles. The molecule has 80 valence electrons. The molecule has 0 heterocycles. The van der Waals surface area contributed by atoms with Crippen LogP contribution in [0.4, 0.5) is 0 Å². The van der Waals surface area contributed by atoms with E-state index in [0.717, 1.165) is 6.42 Å². The zero-order valence-corrected chi connectivity index (χ0v) is 9.47. The summed E-state index contributed by atoms with van der Waals surface area (Å²) in [6.07, 6.45) is 1.42. The lowest BCUT2D eigenvalue weighted by atomic mass is 10.3. The predicted molar refractivity (Wildman–Crippen MR) is 55.0 cm³/mol. The summed E-state index contributed by atoms with van der Waals surface area (Å²) in [5, 5.41) is 0. The number of unbranched alkanes of at least 4 members (excludes halogenated alkanes) is 1. The molecular formula is C8H20N2O2S. The first-order valence-corrected chi connectivity index (χ1v) is 6.18. The summed E-state index contributed by atoms with van der Waals surface area (Å²) in [6, 6.07) is 0.0304. The van der Waals surface area contributed by atoms with Crippen molar-refractivity contribution in [3.63, 3.8) is 0 Å². The Labute approximate surface area is 81.2 Å². The van der Waals surface area contributed by atoms with E-state index in [1.165, 1.54) is 4.31 Å². The lowest BCUT2D eigenvalue weighted by Crippen LogP contribution is -2.34. The SMILES string of the molecule is CC(C)N(C)S(=O)(=O)CCCCN. The highest BCUT2D eigenvalue weighted by molar-refractivity contribution is 7.89. The van der Waals surface area contributed by atoms with Gasteiger partial charge in [-0.05, 0) is 33.2 Å². The Hall–Kier alpha value is -0.130. The largest absolute Gasteiger partial charge is 0.330 e. The van der Waals surface area contributed by atoms with E-state index in [-0.39, 0.29) is 11.8 Å². The fourth-order valence-corrected chi connectivity index (χ4v) is 2.39. The van der Waals surface area contributed by atoms with Crippen LogP contribution >= 0.6 is 0 Å². The third-order valence-corrected chi connectivity index (χ3v) is 4.13. The molecule has 0 aliphatic heterocycles. The standard InChI is InChI=1S/C8H20N2O2S/c1-8(2)10(3)13(11,12)7-5-4-6-9/h8H,4-7,9H2,1-3H3. The average Bonchev–Trinajstić information content (AvgIpc) is 2.03. The Balaban J connectivity index is 4.08. The summed E-state index contributed by atoms with van der Waals surface area (Å²) in [6.45, 7) is 4.28. The van der Waals surface area contributed by atoms with Crippen molar-refractivity contribution in [3.8, 4) is 0 Å². The minimum Gasteiger partial charge on any atom is -0.330 e. The zero-order valence-electron chi connectivity index (χ0n) is 8.66. The van der Waals surface area contributed by atoms with Gasteiger partial charge < -0.3 is 5.73 Å². The van der Waals surface area contributed by atoms with Gasteiger partial charge in [-0.2, -0.15) is 0 Å². The van der Waals surface area contributed by atoms with Gasteiger partial charge in [-0.1, -0.05) is 0 Å². The van der Waals surface area contributed by atoms with Crippen LogP contribution in [-0.4, -0.2) is 38.1 Å². The number of sulfonamides is 1. The number of hydrogen-bond donors (Lipinski definition) is 1. The smallest absolute Gasteiger partial charge is 0.214 e. The van der Waals surface area contributed by atoms with Crippen molar-refractivity contribution in [1.29, 1.82) is 0 Å². The van der Waals surface area contributed by atoms with Gasteiger partial charge in [-0.15, -0.1) is 0 Å². The van der Waals surface area contributed by atoms with Crippen molar-refractivity contribution in [2.24, 2.45) is 5.73 Å². The van der Waals surface area contributed by atoms with Crippen LogP contribution in [0, 0.1) is 0 Å². The van der Waals surface area contributed by atoms with Crippen LogP contribution in [0.25, 0.3) is 0 Å². The normalized spacial score (nSPS) is 12.8. The molecule has 0 bridgehead atoms. The maximum Gasteiger partial charge on any atom is 0.214 e. The molecule has 0 aromatic heterocycles. The molecule has 5 heteroatoms. The number of nitrogens with zero attached hydrogens (tertiary/aromatic N) is 1. The van der Waals surface area contributed by atoms with Crippen molar-refractivity contribution in [2.45, 2.75) is 32.7 Å². The quantitative estimate of drug-likeness (QED) is 0.642. The molecule has 0 atom stereocenters. The summed E-state index contributed by atoms with van der Waals surface area (Å²) in [5.74, 6) is 0.207. The van der Waals surface area contributed by atoms with E-state index in [2.05, 4.69) is 0 Å². The molecular weight excluding hydrogens is 188 g/mol. The molecule has 13 heavy (non-hydrogen) atoms. The summed E-state index contributed by atoms with van der Waals surface area (Å²) in [4.78, 5) is 0. The second kappa shape index (κ2) is 5.57. The maximum absolute atomic E-state index is 11.5. The number of hydrogen-bond acceptors (Lipinski definition) is 3. The molecule has 0 fully saturated rings. The molecule has 0 unspecified atom stereocenters. The highest BCUT2D eigenvalue weighted by Crippen LogP contribution is 2.05. The Morgan fingerprint density at radius 3 is 2.23 bits per heavy atom. The average molecular weight is 208 g/mol. The maximum atomic E-state index is 11.5. The Kier molecular flexibility index (Phi) is 5.51. The first kappa shape index (κ1) is 12.9. The Morgan fingerprint density at radius 1 is 1.31 bits per heavy atom. The fourth-order valence-electron chi connectivity index (χ4n) is 0.894. The van der Waals surface area contributed by atoms with E-state index in [0.29, 0.717) is 13.0 Å². The lowest BCUT2D eigenvalue weighted by molar-refractivity contribution is 0.409. The van der Waals surface area contributed by atoms with E-state index in [4.69, 9.17) is 5.73 Å². The molecule has 0 aromatic carbocycles. The van der Waals surface area contributed by atoms with Crippen molar-refractivity contribution in [3.05, 3.63) is 0 Å². The van der Waals surface area contributed by atoms with E-state index in [1.54, 1.807) is 7.05 Å². The molecule has 0 rings (SSSR count). The van der Waals surface area contributed by atoms with E-state index in [9.17, 15) is 8.42 Å². The van der Waals surface area contributed by atoms with Gasteiger partial charge in [0, 0.05) is 13.1 Å². The monoisotopic (exact) mass is 208 g/mol.